The molecule has 1 aliphatic heterocycles. The summed E-state index contributed by atoms with van der Waals surface area (Å²) in [7, 11) is 2.19. The maximum absolute atomic E-state index is 9.02. The predicted octanol–water partition coefficient (Wildman–Crippen LogP) is 2.24. The van der Waals surface area contributed by atoms with E-state index in [-0.39, 0.29) is 0 Å². The molecular formula is C14H25N3. The zero-order valence-electron chi connectivity index (χ0n) is 11.1. The Labute approximate surface area is 105 Å². The van der Waals surface area contributed by atoms with Gasteiger partial charge in [-0.15, -0.1) is 0 Å². The monoisotopic (exact) mass is 235 g/mol. The first kappa shape index (κ1) is 12.9. The molecule has 2 fully saturated rings. The summed E-state index contributed by atoms with van der Waals surface area (Å²) in [6.45, 7) is 3.45. The van der Waals surface area contributed by atoms with Gasteiger partial charge in [-0.1, -0.05) is 19.3 Å². The highest BCUT2D eigenvalue weighted by Crippen LogP contribution is 2.26. The summed E-state index contributed by atoms with van der Waals surface area (Å²) in [5.74, 6) is 0. The molecule has 1 heterocycles. The van der Waals surface area contributed by atoms with Crippen LogP contribution in [-0.2, 0) is 0 Å². The quantitative estimate of drug-likeness (QED) is 0.735. The van der Waals surface area contributed by atoms with Crippen LogP contribution in [0.3, 0.4) is 0 Å². The Morgan fingerprint density at radius 2 is 1.88 bits per heavy atom. The molecule has 1 unspecified atom stereocenters. The zero-order valence-corrected chi connectivity index (χ0v) is 11.1. The minimum atomic E-state index is 0.468. The summed E-state index contributed by atoms with van der Waals surface area (Å²) in [5.41, 5.74) is 0. The van der Waals surface area contributed by atoms with Crippen molar-refractivity contribution in [3.05, 3.63) is 0 Å². The van der Waals surface area contributed by atoms with Gasteiger partial charge in [0.2, 0.25) is 0 Å². The smallest absolute Gasteiger partial charge is 0.0638 e. The van der Waals surface area contributed by atoms with E-state index in [0.717, 1.165) is 12.6 Å². The Bertz CT molecular complexity index is 265. The third kappa shape index (κ3) is 3.43. The first-order chi connectivity index (χ1) is 8.31. The van der Waals surface area contributed by atoms with Gasteiger partial charge >= 0.3 is 0 Å². The highest BCUT2D eigenvalue weighted by Gasteiger charge is 2.29. The van der Waals surface area contributed by atoms with Gasteiger partial charge in [0.05, 0.1) is 12.5 Å². The molecule has 0 spiro atoms. The Morgan fingerprint density at radius 1 is 1.12 bits per heavy atom. The minimum absolute atomic E-state index is 0.468. The molecule has 0 aromatic heterocycles. The fraction of sp³-hybridized carbons (Fsp3) is 0.929. The molecule has 0 aromatic carbocycles. The summed E-state index contributed by atoms with van der Waals surface area (Å²) in [4.78, 5) is 5.05. The van der Waals surface area contributed by atoms with Crippen LogP contribution in [0.2, 0.25) is 0 Å². The molecule has 1 atom stereocenters. The van der Waals surface area contributed by atoms with Crippen LogP contribution in [0.15, 0.2) is 0 Å². The summed E-state index contributed by atoms with van der Waals surface area (Å²) in [5, 5.41) is 9.02. The fourth-order valence-electron chi connectivity index (χ4n) is 3.44. The second-order valence-corrected chi connectivity index (χ2v) is 5.66. The first-order valence-electron chi connectivity index (χ1n) is 7.12. The van der Waals surface area contributed by atoms with Crippen LogP contribution in [0.25, 0.3) is 0 Å². The number of likely N-dealkylation sites (N-methyl/N-ethyl adjacent to an activating group) is 1. The van der Waals surface area contributed by atoms with Crippen molar-refractivity contribution in [1.29, 1.82) is 5.26 Å². The molecule has 3 nitrogen and oxygen atoms in total. The Balaban J connectivity index is 2.02. The summed E-state index contributed by atoms with van der Waals surface area (Å²) in [6, 6.07) is 3.61. The molecule has 0 bridgehead atoms. The van der Waals surface area contributed by atoms with Gasteiger partial charge in [-0.2, -0.15) is 5.26 Å². The molecule has 96 valence electrons. The topological polar surface area (TPSA) is 30.3 Å². The number of rotatable bonds is 2. The number of nitrogens with zero attached hydrogens (tertiary/aromatic N) is 3. The van der Waals surface area contributed by atoms with E-state index in [1.807, 2.05) is 0 Å². The number of nitriles is 1. The van der Waals surface area contributed by atoms with E-state index in [4.69, 9.17) is 5.26 Å². The molecular weight excluding hydrogens is 210 g/mol. The summed E-state index contributed by atoms with van der Waals surface area (Å²) in [6.07, 6.45) is 8.84. The van der Waals surface area contributed by atoms with Gasteiger partial charge in [0.15, 0.2) is 0 Å². The Morgan fingerprint density at radius 3 is 2.59 bits per heavy atom. The molecule has 17 heavy (non-hydrogen) atoms. The van der Waals surface area contributed by atoms with Crippen molar-refractivity contribution in [2.45, 2.75) is 57.0 Å². The van der Waals surface area contributed by atoms with Crippen molar-refractivity contribution in [2.24, 2.45) is 0 Å². The molecule has 1 saturated carbocycles. The van der Waals surface area contributed by atoms with E-state index in [1.165, 1.54) is 51.6 Å². The molecule has 1 saturated heterocycles. The summed E-state index contributed by atoms with van der Waals surface area (Å²) < 4.78 is 0. The van der Waals surface area contributed by atoms with E-state index in [2.05, 4.69) is 22.9 Å². The SMILES string of the molecule is CN1CCCN(C2CCCCC2)C(CC#N)C1. The molecule has 0 N–H and O–H groups in total. The lowest BCUT2D eigenvalue weighted by Crippen LogP contribution is -2.46. The maximum Gasteiger partial charge on any atom is 0.0638 e. The van der Waals surface area contributed by atoms with E-state index in [0.29, 0.717) is 12.5 Å². The lowest BCUT2D eigenvalue weighted by Gasteiger charge is -2.38. The first-order valence-corrected chi connectivity index (χ1v) is 7.12. The van der Waals surface area contributed by atoms with E-state index in [1.54, 1.807) is 0 Å². The third-order valence-electron chi connectivity index (χ3n) is 4.32. The minimum Gasteiger partial charge on any atom is -0.305 e. The van der Waals surface area contributed by atoms with Crippen LogP contribution < -0.4 is 0 Å². The van der Waals surface area contributed by atoms with E-state index >= 15 is 0 Å². The van der Waals surface area contributed by atoms with Crippen molar-refractivity contribution in [3.63, 3.8) is 0 Å². The van der Waals surface area contributed by atoms with Gasteiger partial charge < -0.3 is 4.90 Å². The lowest BCUT2D eigenvalue weighted by atomic mass is 9.92. The lowest BCUT2D eigenvalue weighted by molar-refractivity contribution is 0.106. The van der Waals surface area contributed by atoms with Gasteiger partial charge in [-0.25, -0.2) is 0 Å². The van der Waals surface area contributed by atoms with Crippen LogP contribution in [0.5, 0.6) is 0 Å². The van der Waals surface area contributed by atoms with Gasteiger partial charge in [0.25, 0.3) is 0 Å². The van der Waals surface area contributed by atoms with Crippen LogP contribution in [-0.4, -0.2) is 48.6 Å². The average molecular weight is 235 g/mol. The van der Waals surface area contributed by atoms with Crippen molar-refractivity contribution >= 4 is 0 Å². The average Bonchev–Trinajstić information content (AvgIpc) is 2.52. The maximum atomic E-state index is 9.02. The molecule has 1 aliphatic carbocycles. The third-order valence-corrected chi connectivity index (χ3v) is 4.32. The van der Waals surface area contributed by atoms with E-state index in [9.17, 15) is 0 Å². The van der Waals surface area contributed by atoms with Crippen LogP contribution in [0, 0.1) is 11.3 Å². The van der Waals surface area contributed by atoms with Gasteiger partial charge in [0.1, 0.15) is 0 Å². The fourth-order valence-corrected chi connectivity index (χ4v) is 3.44. The highest BCUT2D eigenvalue weighted by atomic mass is 15.2. The number of hydrogen-bond donors (Lipinski definition) is 0. The molecule has 0 amide bonds. The summed E-state index contributed by atoms with van der Waals surface area (Å²) >= 11 is 0. The van der Waals surface area contributed by atoms with Crippen LogP contribution in [0.4, 0.5) is 0 Å². The van der Waals surface area contributed by atoms with Crippen molar-refractivity contribution in [3.8, 4) is 6.07 Å². The molecule has 3 heteroatoms. The zero-order chi connectivity index (χ0) is 12.1. The second kappa shape index (κ2) is 6.37. The molecule has 0 radical (unpaired) electrons. The van der Waals surface area contributed by atoms with Gasteiger partial charge in [0, 0.05) is 25.2 Å². The predicted molar refractivity (Wildman–Crippen MR) is 69.7 cm³/mol. The van der Waals surface area contributed by atoms with Gasteiger partial charge in [-0.05, 0) is 32.9 Å². The van der Waals surface area contributed by atoms with Gasteiger partial charge in [-0.3, -0.25) is 4.90 Å². The second-order valence-electron chi connectivity index (χ2n) is 5.66. The van der Waals surface area contributed by atoms with Crippen LogP contribution in [0.1, 0.15) is 44.9 Å². The van der Waals surface area contributed by atoms with Crippen LogP contribution >= 0.6 is 0 Å². The van der Waals surface area contributed by atoms with E-state index < -0.39 is 0 Å². The highest BCUT2D eigenvalue weighted by molar-refractivity contribution is 4.90. The van der Waals surface area contributed by atoms with Crippen molar-refractivity contribution < 1.29 is 0 Å². The van der Waals surface area contributed by atoms with Crippen molar-refractivity contribution in [1.82, 2.24) is 9.80 Å². The van der Waals surface area contributed by atoms with Crippen molar-refractivity contribution in [2.75, 3.05) is 26.7 Å². The Hall–Kier alpha value is -0.590. The molecule has 0 aromatic rings. The normalized spacial score (nSPS) is 29.8. The standard InChI is InChI=1S/C14H25N3/c1-16-10-5-11-17(14(12-16)8-9-15)13-6-3-2-4-7-13/h13-14H,2-8,10-12H2,1H3. The molecule has 2 rings (SSSR count). The number of hydrogen-bond acceptors (Lipinski definition) is 3. The largest absolute Gasteiger partial charge is 0.305 e. The molecule has 2 aliphatic rings. The Kier molecular flexibility index (Phi) is 4.82.